The molecule has 1 aromatic carbocycles. The van der Waals surface area contributed by atoms with Crippen LogP contribution in [0.2, 0.25) is 0 Å². The largest absolute Gasteiger partial charge is 0.491 e. The molecule has 2 N–H and O–H groups in total. The molecule has 1 saturated heterocycles. The molecule has 0 amide bonds. The van der Waals surface area contributed by atoms with Crippen LogP contribution in [0.15, 0.2) is 24.3 Å². The number of carbonyl (C=O) groups excluding carboxylic acids is 1. The van der Waals surface area contributed by atoms with Gasteiger partial charge in [-0.1, -0.05) is 20.8 Å². The van der Waals surface area contributed by atoms with Gasteiger partial charge < -0.3 is 19.3 Å². The van der Waals surface area contributed by atoms with E-state index >= 15 is 0 Å². The number of hydrogen-bond donors (Lipinski definition) is 2. The SMILES string of the molecule is Cc1cc(OC2COC2)nn2c(=N)n(CC(=O)c3cc(OCCO)cc(C(C)(C)C)c3)nc12. The Morgan fingerprint density at radius 2 is 2.00 bits per heavy atom. The molecule has 176 valence electrons. The smallest absolute Gasteiger partial charge is 0.242 e. The summed E-state index contributed by atoms with van der Waals surface area (Å²) in [6.07, 6.45) is -0.0434. The predicted octanol–water partition coefficient (Wildman–Crippen LogP) is 1.65. The van der Waals surface area contributed by atoms with E-state index in [0.29, 0.717) is 36.1 Å². The summed E-state index contributed by atoms with van der Waals surface area (Å²) < 4.78 is 19.2. The Balaban J connectivity index is 1.64. The van der Waals surface area contributed by atoms with Crippen LogP contribution in [-0.2, 0) is 16.7 Å². The van der Waals surface area contributed by atoms with E-state index in [1.165, 1.54) is 9.20 Å². The highest BCUT2D eigenvalue weighted by molar-refractivity contribution is 5.96. The summed E-state index contributed by atoms with van der Waals surface area (Å²) in [6.45, 7) is 8.94. The fraction of sp³-hybridized carbons (Fsp3) is 0.478. The molecule has 0 atom stereocenters. The molecule has 0 aliphatic carbocycles. The summed E-state index contributed by atoms with van der Waals surface area (Å²) >= 11 is 0. The van der Waals surface area contributed by atoms with Crippen molar-refractivity contribution in [1.82, 2.24) is 19.4 Å². The van der Waals surface area contributed by atoms with Gasteiger partial charge in [-0.15, -0.1) is 10.2 Å². The average molecular weight is 456 g/mol. The molecule has 0 radical (unpaired) electrons. The van der Waals surface area contributed by atoms with Gasteiger partial charge in [0.1, 0.15) is 25.0 Å². The molecule has 1 aliphatic heterocycles. The van der Waals surface area contributed by atoms with E-state index < -0.39 is 0 Å². The summed E-state index contributed by atoms with van der Waals surface area (Å²) in [6, 6.07) is 7.14. The number of aliphatic hydroxyl groups excluding tert-OH is 1. The number of aliphatic hydroxyl groups is 1. The fourth-order valence-corrected chi connectivity index (χ4v) is 3.42. The first-order valence-electron chi connectivity index (χ1n) is 10.8. The molecule has 3 aromatic rings. The zero-order valence-electron chi connectivity index (χ0n) is 19.3. The van der Waals surface area contributed by atoms with Gasteiger partial charge in [-0.25, -0.2) is 4.68 Å². The second kappa shape index (κ2) is 8.95. The highest BCUT2D eigenvalue weighted by atomic mass is 16.6. The van der Waals surface area contributed by atoms with Crippen molar-refractivity contribution in [2.45, 2.75) is 45.8 Å². The molecule has 10 nitrogen and oxygen atoms in total. The van der Waals surface area contributed by atoms with Gasteiger partial charge in [0.05, 0.1) is 19.8 Å². The van der Waals surface area contributed by atoms with E-state index in [-0.39, 0.29) is 42.7 Å². The number of aryl methyl sites for hydroxylation is 1. The molecule has 4 rings (SSSR count). The monoisotopic (exact) mass is 455 g/mol. The zero-order chi connectivity index (χ0) is 23.8. The van der Waals surface area contributed by atoms with Crippen LogP contribution in [0.5, 0.6) is 11.6 Å². The highest BCUT2D eigenvalue weighted by Gasteiger charge is 2.23. The lowest BCUT2D eigenvalue weighted by molar-refractivity contribution is -0.0817. The first-order chi connectivity index (χ1) is 15.7. The Kier molecular flexibility index (Phi) is 6.22. The van der Waals surface area contributed by atoms with Crippen LogP contribution in [0.25, 0.3) is 5.65 Å². The number of hydrogen-bond acceptors (Lipinski definition) is 8. The molecule has 2 aromatic heterocycles. The van der Waals surface area contributed by atoms with Gasteiger partial charge in [-0.2, -0.15) is 4.52 Å². The van der Waals surface area contributed by atoms with Crippen LogP contribution in [0.1, 0.15) is 42.3 Å². The van der Waals surface area contributed by atoms with Gasteiger partial charge in [0, 0.05) is 17.2 Å². The van der Waals surface area contributed by atoms with Gasteiger partial charge in [-0.05, 0) is 36.1 Å². The number of fused-ring (bicyclic) bond motifs is 1. The van der Waals surface area contributed by atoms with Crippen molar-refractivity contribution < 1.29 is 24.1 Å². The minimum Gasteiger partial charge on any atom is -0.491 e. The Labute approximate surface area is 191 Å². The van der Waals surface area contributed by atoms with Gasteiger partial charge in [0.25, 0.3) is 0 Å². The third-order valence-corrected chi connectivity index (χ3v) is 5.40. The lowest BCUT2D eigenvalue weighted by Crippen LogP contribution is -2.39. The number of ether oxygens (including phenoxy) is 3. The second-order valence-corrected chi connectivity index (χ2v) is 9.15. The molecular weight excluding hydrogens is 426 g/mol. The number of benzene rings is 1. The van der Waals surface area contributed by atoms with Crippen LogP contribution in [0, 0.1) is 12.3 Å². The number of rotatable bonds is 8. The Hall–Kier alpha value is -3.24. The molecule has 10 heteroatoms. The van der Waals surface area contributed by atoms with Crippen LogP contribution < -0.4 is 15.1 Å². The molecule has 33 heavy (non-hydrogen) atoms. The minimum atomic E-state index is -0.211. The Morgan fingerprint density at radius 3 is 2.64 bits per heavy atom. The van der Waals surface area contributed by atoms with Crippen molar-refractivity contribution in [2.75, 3.05) is 26.4 Å². The van der Waals surface area contributed by atoms with E-state index in [1.807, 2.05) is 19.1 Å². The zero-order valence-corrected chi connectivity index (χ0v) is 19.3. The lowest BCUT2D eigenvalue weighted by atomic mass is 9.85. The molecule has 3 heterocycles. The number of carbonyl (C=O) groups is 1. The van der Waals surface area contributed by atoms with Crippen molar-refractivity contribution in [3.8, 4) is 11.6 Å². The molecule has 0 saturated carbocycles. The van der Waals surface area contributed by atoms with E-state index in [1.54, 1.807) is 12.1 Å². The number of nitrogens with zero attached hydrogens (tertiary/aromatic N) is 4. The van der Waals surface area contributed by atoms with Crippen molar-refractivity contribution in [3.63, 3.8) is 0 Å². The first kappa shape index (κ1) is 22.9. The lowest BCUT2D eigenvalue weighted by Gasteiger charge is -2.26. The van der Waals surface area contributed by atoms with Crippen molar-refractivity contribution in [3.05, 3.63) is 46.6 Å². The maximum atomic E-state index is 13.2. The van der Waals surface area contributed by atoms with Crippen molar-refractivity contribution in [2.24, 2.45) is 0 Å². The van der Waals surface area contributed by atoms with E-state index in [9.17, 15) is 4.79 Å². The summed E-state index contributed by atoms with van der Waals surface area (Å²) in [5, 5.41) is 26.4. The molecule has 0 unspecified atom stereocenters. The predicted molar refractivity (Wildman–Crippen MR) is 119 cm³/mol. The maximum Gasteiger partial charge on any atom is 0.242 e. The van der Waals surface area contributed by atoms with Crippen LogP contribution in [-0.4, -0.2) is 62.8 Å². The van der Waals surface area contributed by atoms with Crippen molar-refractivity contribution in [1.29, 1.82) is 5.41 Å². The number of aromatic nitrogens is 4. The summed E-state index contributed by atoms with van der Waals surface area (Å²) in [7, 11) is 0. The van der Waals surface area contributed by atoms with E-state index in [0.717, 1.165) is 11.1 Å². The molecule has 0 bridgehead atoms. The number of Topliss-reactive ketones (excluding diaryl/α,β-unsaturated/α-hetero) is 1. The quantitative estimate of drug-likeness (QED) is 0.495. The molecule has 1 fully saturated rings. The Morgan fingerprint density at radius 1 is 1.24 bits per heavy atom. The number of nitrogens with one attached hydrogen (secondary N) is 1. The normalized spacial score (nSPS) is 14.3. The summed E-state index contributed by atoms with van der Waals surface area (Å²) in [4.78, 5) is 13.2. The topological polar surface area (TPSA) is 124 Å². The third kappa shape index (κ3) is 4.91. The number of ketones is 1. The van der Waals surface area contributed by atoms with Gasteiger partial charge in [-0.3, -0.25) is 10.2 Å². The molecular formula is C23H29N5O5. The van der Waals surface area contributed by atoms with Crippen LogP contribution in [0.4, 0.5) is 0 Å². The van der Waals surface area contributed by atoms with Gasteiger partial charge in [0.15, 0.2) is 11.4 Å². The standard InChI is InChI=1S/C23H29N5O5/c1-14-7-20(33-18-12-31-13-18)25-28-21(14)26-27(22(28)24)11-19(30)15-8-16(23(2,3)4)10-17(9-15)32-6-5-29/h7-10,18,24,29H,5-6,11-13H2,1-4H3. The van der Waals surface area contributed by atoms with Gasteiger partial charge >= 0.3 is 0 Å². The molecule has 0 spiro atoms. The summed E-state index contributed by atoms with van der Waals surface area (Å²) in [5.41, 5.74) is 2.44. The maximum absolute atomic E-state index is 13.2. The molecule has 1 aliphatic rings. The fourth-order valence-electron chi connectivity index (χ4n) is 3.42. The van der Waals surface area contributed by atoms with Crippen LogP contribution in [0.3, 0.4) is 0 Å². The van der Waals surface area contributed by atoms with Crippen molar-refractivity contribution >= 4 is 11.4 Å². The third-order valence-electron chi connectivity index (χ3n) is 5.40. The summed E-state index contributed by atoms with van der Waals surface area (Å²) in [5.74, 6) is 0.698. The highest BCUT2D eigenvalue weighted by Crippen LogP contribution is 2.28. The second-order valence-electron chi connectivity index (χ2n) is 9.15. The van der Waals surface area contributed by atoms with Crippen LogP contribution >= 0.6 is 0 Å². The van der Waals surface area contributed by atoms with Gasteiger partial charge in [0.2, 0.25) is 11.5 Å². The first-order valence-corrected chi connectivity index (χ1v) is 10.8. The minimum absolute atomic E-state index is 0.0273. The van der Waals surface area contributed by atoms with E-state index in [2.05, 4.69) is 31.0 Å². The Bertz CT molecular complexity index is 1240. The van der Waals surface area contributed by atoms with E-state index in [4.69, 9.17) is 24.7 Å². The average Bonchev–Trinajstić information content (AvgIpc) is 3.04.